The van der Waals surface area contributed by atoms with Crippen molar-refractivity contribution in [1.29, 1.82) is 0 Å². The molecule has 2 aromatic heterocycles. The summed E-state index contributed by atoms with van der Waals surface area (Å²) in [4.78, 5) is 7.31. The molecule has 2 rings (SSSR count). The van der Waals surface area contributed by atoms with Crippen molar-refractivity contribution in [3.05, 3.63) is 39.5 Å². The molecule has 2 aromatic rings. The van der Waals surface area contributed by atoms with Gasteiger partial charge < -0.3 is 4.74 Å². The molecule has 0 N–H and O–H groups in total. The number of halogens is 3. The molecule has 0 aromatic carbocycles. The van der Waals surface area contributed by atoms with Gasteiger partial charge in [-0.05, 0) is 18.6 Å². The Balaban J connectivity index is 2.13. The van der Waals surface area contributed by atoms with Crippen LogP contribution in [0.4, 0.5) is 13.2 Å². The second-order valence-electron chi connectivity index (χ2n) is 4.84. The molecule has 23 heavy (non-hydrogen) atoms. The third-order valence-electron chi connectivity index (χ3n) is 2.83. The minimum Gasteiger partial charge on any atom is -0.481 e. The summed E-state index contributed by atoms with van der Waals surface area (Å²) in [6.45, 7) is 1.72. The van der Waals surface area contributed by atoms with Gasteiger partial charge in [-0.2, -0.15) is 13.2 Å². The van der Waals surface area contributed by atoms with E-state index < -0.39 is 26.8 Å². The number of alkyl halides is 3. The van der Waals surface area contributed by atoms with E-state index in [1.165, 1.54) is 13.3 Å². The first-order valence-corrected chi connectivity index (χ1v) is 9.02. The Labute approximate surface area is 135 Å². The third kappa shape index (κ3) is 4.64. The van der Waals surface area contributed by atoms with Crippen molar-refractivity contribution in [3.8, 4) is 5.88 Å². The number of aromatic nitrogens is 2. The van der Waals surface area contributed by atoms with Crippen LogP contribution in [0, 0.1) is 6.92 Å². The number of rotatable bonds is 5. The van der Waals surface area contributed by atoms with Crippen molar-refractivity contribution in [2.24, 2.45) is 0 Å². The third-order valence-corrected chi connectivity index (χ3v) is 5.27. The summed E-state index contributed by atoms with van der Waals surface area (Å²) >= 11 is 0.381. The Kier molecular flexibility index (Phi) is 4.95. The van der Waals surface area contributed by atoms with Gasteiger partial charge in [0, 0.05) is 17.1 Å². The first-order valence-electron chi connectivity index (χ1n) is 6.32. The molecule has 5 nitrogen and oxygen atoms in total. The molecule has 0 atom stereocenters. The summed E-state index contributed by atoms with van der Waals surface area (Å²) in [6.07, 6.45) is -3.20. The van der Waals surface area contributed by atoms with E-state index >= 15 is 0 Å². The average molecular weight is 366 g/mol. The van der Waals surface area contributed by atoms with E-state index in [0.29, 0.717) is 28.3 Å². The fourth-order valence-corrected chi connectivity index (χ4v) is 4.11. The van der Waals surface area contributed by atoms with Gasteiger partial charge in [-0.3, -0.25) is 0 Å². The zero-order chi connectivity index (χ0) is 17.3. The zero-order valence-electron chi connectivity index (χ0n) is 12.2. The molecule has 0 radical (unpaired) electrons. The second kappa shape index (κ2) is 6.44. The Morgan fingerprint density at radius 3 is 2.52 bits per heavy atom. The number of hydrogen-bond donors (Lipinski definition) is 0. The van der Waals surface area contributed by atoms with Gasteiger partial charge in [0.1, 0.15) is 0 Å². The van der Waals surface area contributed by atoms with Crippen molar-refractivity contribution >= 4 is 21.2 Å². The zero-order valence-corrected chi connectivity index (χ0v) is 13.8. The summed E-state index contributed by atoms with van der Waals surface area (Å²) < 4.78 is 66.6. The standard InChI is InChI=1S/C13H13F3N2O3S2/c1-8-3-9(4-17-11(8)21-2)6-23(19,20)7-10-5-22-12(18-10)13(14,15)16/h3-5H,6-7H2,1-2H3. The van der Waals surface area contributed by atoms with Crippen molar-refractivity contribution in [2.75, 3.05) is 7.11 Å². The van der Waals surface area contributed by atoms with Gasteiger partial charge >= 0.3 is 6.18 Å². The number of methoxy groups -OCH3 is 1. The molecule has 0 unspecified atom stereocenters. The van der Waals surface area contributed by atoms with Gasteiger partial charge in [-0.15, -0.1) is 11.3 Å². The van der Waals surface area contributed by atoms with E-state index in [1.807, 2.05) is 0 Å². The normalized spacial score (nSPS) is 12.4. The first-order chi connectivity index (χ1) is 10.6. The lowest BCUT2D eigenvalue weighted by atomic mass is 10.2. The number of pyridine rings is 1. The number of aryl methyl sites for hydroxylation is 1. The largest absolute Gasteiger partial charge is 0.481 e. The molecule has 0 aliphatic carbocycles. The monoisotopic (exact) mass is 366 g/mol. The number of nitrogens with zero attached hydrogens (tertiary/aromatic N) is 2. The summed E-state index contributed by atoms with van der Waals surface area (Å²) in [5.74, 6) is -0.491. The second-order valence-corrected chi connectivity index (χ2v) is 7.77. The van der Waals surface area contributed by atoms with E-state index in [2.05, 4.69) is 9.97 Å². The molecule has 10 heteroatoms. The van der Waals surface area contributed by atoms with Gasteiger partial charge in [0.25, 0.3) is 0 Å². The van der Waals surface area contributed by atoms with Gasteiger partial charge in [0.05, 0.1) is 24.3 Å². The first kappa shape index (κ1) is 17.7. The molecule has 126 valence electrons. The van der Waals surface area contributed by atoms with Crippen LogP contribution in [-0.4, -0.2) is 25.5 Å². The highest BCUT2D eigenvalue weighted by atomic mass is 32.2. The molecule has 0 aliphatic rings. The number of sulfone groups is 1. The number of hydrogen-bond acceptors (Lipinski definition) is 6. The summed E-state index contributed by atoms with van der Waals surface area (Å²) in [5, 5.41) is 0.0578. The molecule has 0 bridgehead atoms. The predicted molar refractivity (Wildman–Crippen MR) is 79.0 cm³/mol. The highest BCUT2D eigenvalue weighted by Crippen LogP contribution is 2.32. The van der Waals surface area contributed by atoms with Crippen molar-refractivity contribution in [2.45, 2.75) is 24.6 Å². The predicted octanol–water partition coefficient (Wildman–Crippen LogP) is 2.99. The van der Waals surface area contributed by atoms with Gasteiger partial charge in [0.15, 0.2) is 14.8 Å². The van der Waals surface area contributed by atoms with E-state index in [0.717, 1.165) is 5.38 Å². The summed E-state index contributed by atoms with van der Waals surface area (Å²) in [6, 6.07) is 1.62. The van der Waals surface area contributed by atoms with Crippen LogP contribution in [-0.2, 0) is 27.5 Å². The molecule has 0 aliphatic heterocycles. The molecular weight excluding hydrogens is 353 g/mol. The van der Waals surface area contributed by atoms with Crippen molar-refractivity contribution in [1.82, 2.24) is 9.97 Å². The lowest BCUT2D eigenvalue weighted by molar-refractivity contribution is -0.137. The van der Waals surface area contributed by atoms with Crippen LogP contribution >= 0.6 is 11.3 Å². The highest BCUT2D eigenvalue weighted by molar-refractivity contribution is 7.89. The average Bonchev–Trinajstić information content (AvgIpc) is 2.86. The quantitative estimate of drug-likeness (QED) is 0.814. The van der Waals surface area contributed by atoms with Gasteiger partial charge in [-0.25, -0.2) is 18.4 Å². The smallest absolute Gasteiger partial charge is 0.443 e. The Hall–Kier alpha value is -1.68. The molecule has 0 fully saturated rings. The van der Waals surface area contributed by atoms with Crippen molar-refractivity contribution < 1.29 is 26.3 Å². The van der Waals surface area contributed by atoms with Gasteiger partial charge in [0.2, 0.25) is 5.88 Å². The van der Waals surface area contributed by atoms with Crippen LogP contribution in [0.3, 0.4) is 0 Å². The lowest BCUT2D eigenvalue weighted by Gasteiger charge is -2.07. The summed E-state index contributed by atoms with van der Waals surface area (Å²) in [5.41, 5.74) is 1.00. The minimum atomic E-state index is -4.57. The minimum absolute atomic E-state index is 0.111. The molecule has 0 amide bonds. The maximum Gasteiger partial charge on any atom is 0.443 e. The Bertz CT molecular complexity index is 801. The van der Waals surface area contributed by atoms with Crippen LogP contribution in [0.25, 0.3) is 0 Å². The Morgan fingerprint density at radius 2 is 2.00 bits per heavy atom. The maximum absolute atomic E-state index is 12.5. The van der Waals surface area contributed by atoms with E-state index in [1.54, 1.807) is 13.0 Å². The van der Waals surface area contributed by atoms with E-state index in [-0.39, 0.29) is 11.4 Å². The Morgan fingerprint density at radius 1 is 1.30 bits per heavy atom. The fourth-order valence-electron chi connectivity index (χ4n) is 1.95. The number of ether oxygens (including phenoxy) is 1. The van der Waals surface area contributed by atoms with Crippen LogP contribution in [0.5, 0.6) is 5.88 Å². The molecule has 0 saturated carbocycles. The molecule has 0 saturated heterocycles. The molecule has 0 spiro atoms. The van der Waals surface area contributed by atoms with E-state index in [4.69, 9.17) is 4.74 Å². The SMILES string of the molecule is COc1ncc(CS(=O)(=O)Cc2csc(C(F)(F)F)n2)cc1C. The van der Waals surface area contributed by atoms with Crippen LogP contribution < -0.4 is 4.74 Å². The number of thiazole rings is 1. The molecular formula is C13H13F3N2O3S2. The van der Waals surface area contributed by atoms with E-state index in [9.17, 15) is 21.6 Å². The van der Waals surface area contributed by atoms with Crippen LogP contribution in [0.15, 0.2) is 17.6 Å². The molecule has 2 heterocycles. The fraction of sp³-hybridized carbons (Fsp3) is 0.385. The van der Waals surface area contributed by atoms with Gasteiger partial charge in [-0.1, -0.05) is 0 Å². The highest BCUT2D eigenvalue weighted by Gasteiger charge is 2.34. The summed E-state index contributed by atoms with van der Waals surface area (Å²) in [7, 11) is -2.21. The van der Waals surface area contributed by atoms with Crippen LogP contribution in [0.2, 0.25) is 0 Å². The lowest BCUT2D eigenvalue weighted by Crippen LogP contribution is -2.10. The van der Waals surface area contributed by atoms with Crippen molar-refractivity contribution in [3.63, 3.8) is 0 Å². The maximum atomic E-state index is 12.5. The van der Waals surface area contributed by atoms with Crippen LogP contribution in [0.1, 0.15) is 21.8 Å². The topological polar surface area (TPSA) is 69.2 Å².